The molecule has 28 heavy (non-hydrogen) atoms. The smallest absolute Gasteiger partial charge is 0.344 e. The van der Waals surface area contributed by atoms with E-state index in [1.807, 2.05) is 25.5 Å². The van der Waals surface area contributed by atoms with Crippen LogP contribution in [-0.4, -0.2) is 25.8 Å². The van der Waals surface area contributed by atoms with Crippen molar-refractivity contribution in [2.75, 3.05) is 0 Å². The van der Waals surface area contributed by atoms with E-state index in [-0.39, 0.29) is 18.3 Å². The largest absolute Gasteiger partial charge is 0.416 e. The van der Waals surface area contributed by atoms with E-state index in [2.05, 4.69) is 20.6 Å². The minimum absolute atomic E-state index is 0.0324. The average Bonchev–Trinajstić information content (AvgIpc) is 3.25. The zero-order chi connectivity index (χ0) is 20.5. The predicted molar refractivity (Wildman–Crippen MR) is 93.3 cm³/mol. The second-order valence-electron chi connectivity index (χ2n) is 6.15. The molecule has 1 N–H and O–H groups in total. The lowest BCUT2D eigenvalue weighted by atomic mass is 10.1. The molecular formula is C18H18F3N5O2. The topological polar surface area (TPSA) is 85.8 Å². The number of amides is 1. The van der Waals surface area contributed by atoms with Crippen molar-refractivity contribution in [3.63, 3.8) is 0 Å². The van der Waals surface area contributed by atoms with E-state index in [9.17, 15) is 18.0 Å². The van der Waals surface area contributed by atoms with Crippen molar-refractivity contribution in [3.8, 4) is 11.4 Å². The third-order valence-corrected chi connectivity index (χ3v) is 4.35. The van der Waals surface area contributed by atoms with Gasteiger partial charge in [-0.05, 0) is 32.9 Å². The third-order valence-electron chi connectivity index (χ3n) is 4.35. The summed E-state index contributed by atoms with van der Waals surface area (Å²) in [5.74, 6) is -0.813. The van der Waals surface area contributed by atoms with Crippen LogP contribution in [0.4, 0.5) is 13.2 Å². The number of carbonyl (C=O) groups is 1. The first-order chi connectivity index (χ1) is 13.2. The molecule has 0 fully saturated rings. The fourth-order valence-electron chi connectivity index (χ4n) is 2.78. The molecule has 1 amide bonds. The molecule has 0 saturated carbocycles. The summed E-state index contributed by atoms with van der Waals surface area (Å²) in [7, 11) is 0. The van der Waals surface area contributed by atoms with Gasteiger partial charge < -0.3 is 9.84 Å². The van der Waals surface area contributed by atoms with Crippen LogP contribution in [0.2, 0.25) is 0 Å². The molecule has 0 spiro atoms. The van der Waals surface area contributed by atoms with Gasteiger partial charge >= 0.3 is 18.0 Å². The number of aromatic nitrogens is 4. The van der Waals surface area contributed by atoms with Gasteiger partial charge in [-0.3, -0.25) is 9.48 Å². The molecule has 0 aliphatic carbocycles. The monoisotopic (exact) mass is 393 g/mol. The van der Waals surface area contributed by atoms with E-state index in [1.54, 1.807) is 0 Å². The van der Waals surface area contributed by atoms with Crippen molar-refractivity contribution in [1.29, 1.82) is 0 Å². The van der Waals surface area contributed by atoms with Gasteiger partial charge in [0.2, 0.25) is 5.82 Å². The molecule has 148 valence electrons. The summed E-state index contributed by atoms with van der Waals surface area (Å²) in [6, 6.07) is 4.28. The number of nitrogens with one attached hydrogen (secondary N) is 1. The van der Waals surface area contributed by atoms with E-state index in [4.69, 9.17) is 4.52 Å². The van der Waals surface area contributed by atoms with Crippen molar-refractivity contribution < 1.29 is 22.5 Å². The Labute approximate surface area is 158 Å². The summed E-state index contributed by atoms with van der Waals surface area (Å²) in [5.41, 5.74) is 2.20. The highest BCUT2D eigenvalue weighted by molar-refractivity contribution is 5.89. The van der Waals surface area contributed by atoms with Gasteiger partial charge in [0.05, 0.1) is 11.3 Å². The second kappa shape index (κ2) is 7.45. The summed E-state index contributed by atoms with van der Waals surface area (Å²) in [6.45, 7) is 6.72. The van der Waals surface area contributed by atoms with Gasteiger partial charge in [0.1, 0.15) is 0 Å². The molecule has 0 aliphatic rings. The van der Waals surface area contributed by atoms with Crippen LogP contribution in [0.5, 0.6) is 0 Å². The van der Waals surface area contributed by atoms with Gasteiger partial charge in [-0.1, -0.05) is 17.3 Å². The lowest BCUT2D eigenvalue weighted by Gasteiger charge is -2.05. The zero-order valence-electron chi connectivity index (χ0n) is 15.5. The molecule has 0 saturated heterocycles. The number of halogens is 3. The highest BCUT2D eigenvalue weighted by atomic mass is 19.4. The van der Waals surface area contributed by atoms with Crippen LogP contribution >= 0.6 is 0 Å². The standard InChI is InChI=1S/C18H18F3N5O2/c1-4-26-11(3)14(10(2)24-26)9-22-16(27)17-23-15(25-28-17)12-5-7-13(8-6-12)18(19,20)21/h5-8H,4,9H2,1-3H3,(H,22,27). The molecule has 0 radical (unpaired) electrons. The van der Waals surface area contributed by atoms with Crippen LogP contribution in [0, 0.1) is 13.8 Å². The quantitative estimate of drug-likeness (QED) is 0.717. The zero-order valence-corrected chi connectivity index (χ0v) is 15.5. The fourth-order valence-corrected chi connectivity index (χ4v) is 2.78. The van der Waals surface area contributed by atoms with Gasteiger partial charge in [-0.25, -0.2) is 0 Å². The van der Waals surface area contributed by atoms with Crippen molar-refractivity contribution >= 4 is 5.91 Å². The second-order valence-corrected chi connectivity index (χ2v) is 6.15. The Kier molecular flexibility index (Phi) is 5.21. The highest BCUT2D eigenvalue weighted by Crippen LogP contribution is 2.30. The van der Waals surface area contributed by atoms with E-state index in [1.165, 1.54) is 12.1 Å². The Bertz CT molecular complexity index is 990. The molecule has 0 bridgehead atoms. The first kappa shape index (κ1) is 19.6. The van der Waals surface area contributed by atoms with Crippen LogP contribution < -0.4 is 5.32 Å². The summed E-state index contributed by atoms with van der Waals surface area (Å²) in [5, 5.41) is 10.7. The first-order valence-corrected chi connectivity index (χ1v) is 8.53. The van der Waals surface area contributed by atoms with Crippen LogP contribution in [0.25, 0.3) is 11.4 Å². The molecule has 3 aromatic rings. The van der Waals surface area contributed by atoms with Gasteiger partial charge in [0.15, 0.2) is 0 Å². The van der Waals surface area contributed by atoms with E-state index < -0.39 is 17.6 Å². The Morgan fingerprint density at radius 1 is 1.21 bits per heavy atom. The van der Waals surface area contributed by atoms with Crippen molar-refractivity contribution in [3.05, 3.63) is 52.7 Å². The Morgan fingerprint density at radius 3 is 2.46 bits per heavy atom. The Hall–Kier alpha value is -3.17. The molecule has 0 unspecified atom stereocenters. The molecule has 0 atom stereocenters. The van der Waals surface area contributed by atoms with Crippen LogP contribution in [-0.2, 0) is 19.3 Å². The molecule has 0 aliphatic heterocycles. The average molecular weight is 393 g/mol. The van der Waals surface area contributed by atoms with Crippen molar-refractivity contribution in [2.45, 2.75) is 40.0 Å². The molecule has 2 aromatic heterocycles. The number of nitrogens with zero attached hydrogens (tertiary/aromatic N) is 4. The molecule has 3 rings (SSSR count). The number of benzene rings is 1. The third kappa shape index (κ3) is 3.90. The fraction of sp³-hybridized carbons (Fsp3) is 0.333. The summed E-state index contributed by atoms with van der Waals surface area (Å²) >= 11 is 0. The minimum atomic E-state index is -4.43. The van der Waals surface area contributed by atoms with E-state index in [0.717, 1.165) is 35.6 Å². The molecule has 2 heterocycles. The normalized spacial score (nSPS) is 11.6. The maximum Gasteiger partial charge on any atom is 0.416 e. The van der Waals surface area contributed by atoms with E-state index in [0.29, 0.717) is 5.56 Å². The lowest BCUT2D eigenvalue weighted by Crippen LogP contribution is -2.23. The SMILES string of the molecule is CCn1nc(C)c(CNC(=O)c2nc(-c3ccc(C(F)(F)F)cc3)no2)c1C. The van der Waals surface area contributed by atoms with Crippen LogP contribution in [0.15, 0.2) is 28.8 Å². The van der Waals surface area contributed by atoms with Gasteiger partial charge in [0.25, 0.3) is 0 Å². The predicted octanol–water partition coefficient (Wildman–Crippen LogP) is 3.52. The number of rotatable bonds is 5. The van der Waals surface area contributed by atoms with Gasteiger partial charge in [-0.15, -0.1) is 0 Å². The Morgan fingerprint density at radius 2 is 1.89 bits per heavy atom. The van der Waals surface area contributed by atoms with Gasteiger partial charge in [-0.2, -0.15) is 23.3 Å². The summed E-state index contributed by atoms with van der Waals surface area (Å²) in [4.78, 5) is 16.2. The first-order valence-electron chi connectivity index (χ1n) is 8.53. The van der Waals surface area contributed by atoms with Crippen molar-refractivity contribution in [1.82, 2.24) is 25.2 Å². The number of aryl methyl sites for hydroxylation is 2. The Balaban J connectivity index is 1.70. The molecule has 1 aromatic carbocycles. The summed E-state index contributed by atoms with van der Waals surface area (Å²) < 4.78 is 44.7. The van der Waals surface area contributed by atoms with Crippen molar-refractivity contribution in [2.24, 2.45) is 0 Å². The number of hydrogen-bond acceptors (Lipinski definition) is 5. The molecule has 7 nitrogen and oxygen atoms in total. The maximum atomic E-state index is 12.6. The van der Waals surface area contributed by atoms with Gasteiger partial charge in [0, 0.05) is 29.9 Å². The van der Waals surface area contributed by atoms with Crippen LogP contribution in [0.1, 0.15) is 40.1 Å². The minimum Gasteiger partial charge on any atom is -0.344 e. The molecular weight excluding hydrogens is 375 g/mol. The lowest BCUT2D eigenvalue weighted by molar-refractivity contribution is -0.137. The number of hydrogen-bond donors (Lipinski definition) is 1. The number of carbonyl (C=O) groups excluding carboxylic acids is 1. The molecule has 10 heteroatoms. The summed E-state index contributed by atoms with van der Waals surface area (Å²) in [6.07, 6.45) is -4.43. The highest BCUT2D eigenvalue weighted by Gasteiger charge is 2.30. The van der Waals surface area contributed by atoms with E-state index >= 15 is 0 Å². The maximum absolute atomic E-state index is 12.6. The number of alkyl halides is 3. The van der Waals surface area contributed by atoms with Crippen LogP contribution in [0.3, 0.4) is 0 Å².